The van der Waals surface area contributed by atoms with E-state index in [-0.39, 0.29) is 24.0 Å². The molecule has 8 nitrogen and oxygen atoms in total. The summed E-state index contributed by atoms with van der Waals surface area (Å²) in [4.78, 5) is 33.1. The van der Waals surface area contributed by atoms with Crippen molar-refractivity contribution in [2.75, 3.05) is 38.7 Å². The molecule has 0 radical (unpaired) electrons. The van der Waals surface area contributed by atoms with Crippen LogP contribution in [-0.4, -0.2) is 54.2 Å². The third kappa shape index (κ3) is 3.94. The number of ether oxygens (including phenoxy) is 1. The highest BCUT2D eigenvalue weighted by atomic mass is 16.5. The maximum atomic E-state index is 13.1. The average Bonchev–Trinajstić information content (AvgIpc) is 2.75. The van der Waals surface area contributed by atoms with Gasteiger partial charge in [0, 0.05) is 49.6 Å². The first-order valence-corrected chi connectivity index (χ1v) is 10.1. The zero-order valence-corrected chi connectivity index (χ0v) is 17.2. The quantitative estimate of drug-likeness (QED) is 0.691. The van der Waals surface area contributed by atoms with E-state index in [0.717, 1.165) is 31.0 Å². The normalized spacial score (nSPS) is 19.9. The number of hydrogen-bond donors (Lipinski definition) is 0. The zero-order chi connectivity index (χ0) is 21.3. The number of esters is 1. The molecule has 4 heterocycles. The molecule has 2 aromatic rings. The fraction of sp³-hybridized carbons (Fsp3) is 0.455. The summed E-state index contributed by atoms with van der Waals surface area (Å²) in [6.45, 7) is 2.82. The molecule has 1 fully saturated rings. The number of pyridine rings is 2. The van der Waals surface area contributed by atoms with E-state index < -0.39 is 0 Å². The summed E-state index contributed by atoms with van der Waals surface area (Å²) in [6, 6.07) is 9.64. The van der Waals surface area contributed by atoms with Crippen LogP contribution in [0.5, 0.6) is 0 Å². The van der Waals surface area contributed by atoms with Crippen LogP contribution in [0.3, 0.4) is 0 Å². The second-order valence-corrected chi connectivity index (χ2v) is 8.17. The van der Waals surface area contributed by atoms with E-state index in [9.17, 15) is 9.59 Å². The molecule has 0 amide bonds. The minimum atomic E-state index is -0.320. The highest BCUT2D eigenvalue weighted by Crippen LogP contribution is 2.36. The molecule has 156 valence electrons. The van der Waals surface area contributed by atoms with Crippen molar-refractivity contribution in [1.82, 2.24) is 14.5 Å². The van der Waals surface area contributed by atoms with Gasteiger partial charge in [-0.05, 0) is 37.6 Å². The molecule has 4 rings (SSSR count). The number of rotatable bonds is 5. The molecular formula is C22H25N5O3. The molecule has 30 heavy (non-hydrogen) atoms. The van der Waals surface area contributed by atoms with Crippen molar-refractivity contribution >= 4 is 11.8 Å². The van der Waals surface area contributed by atoms with Crippen LogP contribution in [0.2, 0.25) is 0 Å². The molecule has 2 bridgehead atoms. The summed E-state index contributed by atoms with van der Waals surface area (Å²) < 4.78 is 6.61. The number of fused-ring (bicyclic) bond motifs is 4. The van der Waals surface area contributed by atoms with Crippen LogP contribution >= 0.6 is 0 Å². The number of likely N-dealkylation sites (N-methyl/N-ethyl adjacent to an activating group) is 1. The maximum Gasteiger partial charge on any atom is 0.319 e. The predicted molar refractivity (Wildman–Crippen MR) is 111 cm³/mol. The number of aromatic nitrogens is 2. The highest BCUT2D eigenvalue weighted by molar-refractivity contribution is 5.71. The lowest BCUT2D eigenvalue weighted by Gasteiger charge is -2.43. The number of nitrogens with zero attached hydrogens (tertiary/aromatic N) is 5. The van der Waals surface area contributed by atoms with Crippen LogP contribution in [0, 0.1) is 17.2 Å². The van der Waals surface area contributed by atoms with Crippen molar-refractivity contribution in [1.29, 1.82) is 5.26 Å². The molecule has 1 saturated heterocycles. The van der Waals surface area contributed by atoms with Crippen LogP contribution in [0.4, 0.5) is 5.82 Å². The lowest BCUT2D eigenvalue weighted by atomic mass is 9.83. The van der Waals surface area contributed by atoms with E-state index in [2.05, 4.69) is 16.0 Å². The first kappa shape index (κ1) is 20.1. The molecule has 0 aromatic carbocycles. The summed E-state index contributed by atoms with van der Waals surface area (Å²) in [6.07, 6.45) is 2.73. The van der Waals surface area contributed by atoms with Crippen LogP contribution in [0.1, 0.15) is 29.2 Å². The van der Waals surface area contributed by atoms with Gasteiger partial charge in [-0.15, -0.1) is 0 Å². The van der Waals surface area contributed by atoms with Gasteiger partial charge in [0.25, 0.3) is 5.56 Å². The Bertz CT molecular complexity index is 1060. The smallest absolute Gasteiger partial charge is 0.319 e. The largest absolute Gasteiger partial charge is 0.468 e. The van der Waals surface area contributed by atoms with Gasteiger partial charge in [0.1, 0.15) is 5.82 Å². The van der Waals surface area contributed by atoms with Gasteiger partial charge < -0.3 is 14.2 Å². The second kappa shape index (κ2) is 8.28. The van der Waals surface area contributed by atoms with Gasteiger partial charge in [-0.25, -0.2) is 4.98 Å². The maximum absolute atomic E-state index is 13.1. The molecule has 2 aliphatic heterocycles. The molecule has 0 N–H and O–H groups in total. The second-order valence-electron chi connectivity index (χ2n) is 8.17. The number of carbonyl (C=O) groups is 1. The molecular weight excluding hydrogens is 382 g/mol. The topological polar surface area (TPSA) is 91.5 Å². The molecule has 2 aromatic heterocycles. The fourth-order valence-corrected chi connectivity index (χ4v) is 4.59. The summed E-state index contributed by atoms with van der Waals surface area (Å²) in [5, 5.41) is 9.17. The van der Waals surface area contributed by atoms with Gasteiger partial charge in [-0.3, -0.25) is 14.5 Å². The SMILES string of the molecule is COC(=O)CN(C)Cc1ccc2n(c1=O)C[C@H]1C[C@@H]2CN(c2cc(C#N)ccn2)C1. The average molecular weight is 407 g/mol. The molecule has 2 atom stereocenters. The number of hydrogen-bond acceptors (Lipinski definition) is 7. The zero-order valence-electron chi connectivity index (χ0n) is 17.2. The molecule has 0 aliphatic carbocycles. The van der Waals surface area contributed by atoms with E-state index in [1.54, 1.807) is 24.2 Å². The van der Waals surface area contributed by atoms with E-state index in [4.69, 9.17) is 10.00 Å². The van der Waals surface area contributed by atoms with Gasteiger partial charge >= 0.3 is 5.97 Å². The van der Waals surface area contributed by atoms with Crippen molar-refractivity contribution in [3.63, 3.8) is 0 Å². The Morgan fingerprint density at radius 2 is 2.17 bits per heavy atom. The lowest BCUT2D eigenvalue weighted by Crippen LogP contribution is -2.48. The molecule has 0 unspecified atom stereocenters. The fourth-order valence-electron chi connectivity index (χ4n) is 4.59. The Morgan fingerprint density at radius 1 is 1.33 bits per heavy atom. The van der Waals surface area contributed by atoms with Crippen LogP contribution in [0.25, 0.3) is 0 Å². The van der Waals surface area contributed by atoms with Gasteiger partial charge in [-0.1, -0.05) is 6.07 Å². The Hall–Kier alpha value is -3.18. The van der Waals surface area contributed by atoms with Gasteiger partial charge in [0.05, 0.1) is 25.3 Å². The van der Waals surface area contributed by atoms with Gasteiger partial charge in [0.2, 0.25) is 0 Å². The highest BCUT2D eigenvalue weighted by Gasteiger charge is 2.35. The van der Waals surface area contributed by atoms with Gasteiger partial charge in [-0.2, -0.15) is 5.26 Å². The summed E-state index contributed by atoms with van der Waals surface area (Å²) in [5.74, 6) is 1.10. The Morgan fingerprint density at radius 3 is 2.93 bits per heavy atom. The summed E-state index contributed by atoms with van der Waals surface area (Å²) in [5.41, 5.74) is 2.37. The van der Waals surface area contributed by atoms with Gasteiger partial charge in [0.15, 0.2) is 0 Å². The summed E-state index contributed by atoms with van der Waals surface area (Å²) in [7, 11) is 3.16. The van der Waals surface area contributed by atoms with Crippen LogP contribution in [-0.2, 0) is 22.6 Å². The van der Waals surface area contributed by atoms with Crippen molar-refractivity contribution in [3.8, 4) is 6.07 Å². The number of piperidine rings is 1. The van der Waals surface area contributed by atoms with Crippen molar-refractivity contribution < 1.29 is 9.53 Å². The van der Waals surface area contributed by atoms with E-state index in [1.807, 2.05) is 22.8 Å². The first-order chi connectivity index (χ1) is 14.5. The number of nitriles is 1. The number of anilines is 1. The minimum Gasteiger partial charge on any atom is -0.468 e. The van der Waals surface area contributed by atoms with Crippen molar-refractivity contribution in [2.45, 2.75) is 25.4 Å². The molecule has 2 aliphatic rings. The third-order valence-corrected chi connectivity index (χ3v) is 5.95. The Balaban J connectivity index is 1.55. The van der Waals surface area contributed by atoms with Crippen LogP contribution < -0.4 is 10.5 Å². The summed E-state index contributed by atoms with van der Waals surface area (Å²) >= 11 is 0. The molecule has 8 heteroatoms. The van der Waals surface area contributed by atoms with Crippen LogP contribution in [0.15, 0.2) is 35.3 Å². The Labute approximate surface area is 175 Å². The first-order valence-electron chi connectivity index (χ1n) is 10.1. The number of carbonyl (C=O) groups excluding carboxylic acids is 1. The van der Waals surface area contributed by atoms with Crippen molar-refractivity contribution in [3.05, 3.63) is 57.6 Å². The third-order valence-electron chi connectivity index (χ3n) is 5.95. The van der Waals surface area contributed by atoms with E-state index >= 15 is 0 Å². The monoisotopic (exact) mass is 407 g/mol. The predicted octanol–water partition coefficient (Wildman–Crippen LogP) is 1.34. The lowest BCUT2D eigenvalue weighted by molar-refractivity contribution is -0.141. The molecule has 0 saturated carbocycles. The van der Waals surface area contributed by atoms with E-state index in [1.165, 1.54) is 7.11 Å². The minimum absolute atomic E-state index is 0.0250. The van der Waals surface area contributed by atoms with E-state index in [0.29, 0.717) is 30.1 Å². The standard InChI is InChI=1S/C22H25N5O3/c1-25(14-21(28)30-2)12-17-3-4-19-18-7-16(11-27(19)22(17)29)10-26(13-18)20-8-15(9-23)5-6-24-20/h3-6,8,16,18H,7,10-14H2,1-2H3/t16-,18+/m0/s1. The number of methoxy groups -OCH3 is 1. The Kier molecular flexibility index (Phi) is 5.55. The van der Waals surface area contributed by atoms with Crippen molar-refractivity contribution in [2.24, 2.45) is 5.92 Å². The molecule has 0 spiro atoms.